The summed E-state index contributed by atoms with van der Waals surface area (Å²) in [6.45, 7) is 2.05. The number of rotatable bonds is 4. The monoisotopic (exact) mass is 309 g/mol. The number of ether oxygens (including phenoxy) is 1. The van der Waals surface area contributed by atoms with Crippen molar-refractivity contribution in [2.45, 2.75) is 19.4 Å². The number of furan rings is 1. The number of benzene rings is 1. The van der Waals surface area contributed by atoms with Crippen LogP contribution in [0.1, 0.15) is 22.9 Å². The van der Waals surface area contributed by atoms with E-state index >= 15 is 0 Å². The van der Waals surface area contributed by atoms with Crippen molar-refractivity contribution in [3.05, 3.63) is 51.9 Å². The molecule has 2 N–H and O–H groups in total. The quantitative estimate of drug-likeness (QED) is 0.938. The molecule has 96 valence electrons. The van der Waals surface area contributed by atoms with E-state index in [1.54, 1.807) is 7.11 Å². The Kier molecular flexibility index (Phi) is 4.09. The molecule has 18 heavy (non-hydrogen) atoms. The minimum atomic E-state index is -0.174. The molecule has 0 spiro atoms. The van der Waals surface area contributed by atoms with E-state index in [-0.39, 0.29) is 6.04 Å². The molecule has 0 bridgehead atoms. The Hall–Kier alpha value is -1.26. The maximum atomic E-state index is 6.14. The molecule has 1 atom stereocenters. The summed E-state index contributed by atoms with van der Waals surface area (Å²) in [6.07, 6.45) is 0.685. The van der Waals surface area contributed by atoms with Gasteiger partial charge < -0.3 is 14.9 Å². The van der Waals surface area contributed by atoms with Crippen LogP contribution in [-0.4, -0.2) is 7.11 Å². The summed E-state index contributed by atoms with van der Waals surface area (Å²) in [7, 11) is 1.67. The summed E-state index contributed by atoms with van der Waals surface area (Å²) in [6, 6.07) is 9.65. The Morgan fingerprint density at radius 2 is 2.11 bits per heavy atom. The molecule has 4 heteroatoms. The van der Waals surface area contributed by atoms with Gasteiger partial charge in [0.15, 0.2) is 4.67 Å². The maximum absolute atomic E-state index is 6.14. The lowest BCUT2D eigenvalue weighted by Crippen LogP contribution is -2.13. The van der Waals surface area contributed by atoms with Crippen LogP contribution in [0, 0.1) is 6.92 Å². The van der Waals surface area contributed by atoms with E-state index in [0.29, 0.717) is 11.1 Å². The largest absolute Gasteiger partial charge is 0.496 e. The molecule has 1 unspecified atom stereocenters. The summed E-state index contributed by atoms with van der Waals surface area (Å²) < 4.78 is 11.5. The van der Waals surface area contributed by atoms with Gasteiger partial charge in [0.1, 0.15) is 11.5 Å². The Balaban J connectivity index is 2.20. The lowest BCUT2D eigenvalue weighted by molar-refractivity contribution is 0.403. The van der Waals surface area contributed by atoms with Crippen molar-refractivity contribution < 1.29 is 9.15 Å². The van der Waals surface area contributed by atoms with E-state index in [2.05, 4.69) is 28.9 Å². The molecule has 1 heterocycles. The first-order valence-corrected chi connectivity index (χ1v) is 6.54. The first kappa shape index (κ1) is 13.2. The lowest BCUT2D eigenvalue weighted by Gasteiger charge is -2.13. The number of methoxy groups -OCH3 is 1. The molecule has 0 saturated heterocycles. The highest BCUT2D eigenvalue weighted by Crippen LogP contribution is 2.26. The summed E-state index contributed by atoms with van der Waals surface area (Å²) in [5.74, 6) is 1.63. The van der Waals surface area contributed by atoms with Crippen molar-refractivity contribution in [3.63, 3.8) is 0 Å². The van der Waals surface area contributed by atoms with E-state index in [9.17, 15) is 0 Å². The first-order valence-electron chi connectivity index (χ1n) is 5.74. The van der Waals surface area contributed by atoms with Gasteiger partial charge in [0, 0.05) is 0 Å². The second-order valence-corrected chi connectivity index (χ2v) is 5.05. The second kappa shape index (κ2) is 5.59. The van der Waals surface area contributed by atoms with E-state index in [4.69, 9.17) is 14.9 Å². The van der Waals surface area contributed by atoms with Crippen molar-refractivity contribution in [2.75, 3.05) is 7.11 Å². The van der Waals surface area contributed by atoms with E-state index in [0.717, 1.165) is 17.1 Å². The molecule has 0 radical (unpaired) electrons. The predicted octanol–water partition coefficient (Wildman–Crippen LogP) is 3.60. The molecule has 0 aliphatic carbocycles. The molecule has 0 saturated carbocycles. The highest BCUT2D eigenvalue weighted by molar-refractivity contribution is 9.10. The van der Waals surface area contributed by atoms with Crippen LogP contribution < -0.4 is 10.5 Å². The molecular formula is C14H16BrNO2. The molecule has 1 aromatic heterocycles. The van der Waals surface area contributed by atoms with Gasteiger partial charge in [-0.15, -0.1) is 0 Å². The Morgan fingerprint density at radius 1 is 1.33 bits per heavy atom. The standard InChI is InChI=1S/C14H16BrNO2/c1-9-3-4-12(17-2)10(7-9)8-11(16)13-5-6-14(15)18-13/h3-7,11H,8,16H2,1-2H3. The van der Waals surface area contributed by atoms with Gasteiger partial charge in [-0.2, -0.15) is 0 Å². The molecule has 0 amide bonds. The summed E-state index contributed by atoms with van der Waals surface area (Å²) in [5, 5.41) is 0. The van der Waals surface area contributed by atoms with Crippen LogP contribution in [0.2, 0.25) is 0 Å². The third-order valence-corrected chi connectivity index (χ3v) is 3.26. The first-order chi connectivity index (χ1) is 8.60. The van der Waals surface area contributed by atoms with E-state index < -0.39 is 0 Å². The Morgan fingerprint density at radius 3 is 2.72 bits per heavy atom. The van der Waals surface area contributed by atoms with Gasteiger partial charge >= 0.3 is 0 Å². The van der Waals surface area contributed by atoms with Crippen molar-refractivity contribution >= 4 is 15.9 Å². The molecule has 3 nitrogen and oxygen atoms in total. The minimum Gasteiger partial charge on any atom is -0.496 e. The van der Waals surface area contributed by atoms with Gasteiger partial charge in [-0.05, 0) is 53.0 Å². The van der Waals surface area contributed by atoms with E-state index in [1.165, 1.54) is 5.56 Å². The average Bonchev–Trinajstić information content (AvgIpc) is 2.76. The normalized spacial score (nSPS) is 12.4. The number of aryl methyl sites for hydroxylation is 1. The van der Waals surface area contributed by atoms with Crippen LogP contribution in [0.25, 0.3) is 0 Å². The topological polar surface area (TPSA) is 48.4 Å². The molecule has 2 rings (SSSR count). The Labute approximate surface area is 115 Å². The van der Waals surface area contributed by atoms with Crippen molar-refractivity contribution in [2.24, 2.45) is 5.73 Å². The SMILES string of the molecule is COc1ccc(C)cc1CC(N)c1ccc(Br)o1. The fourth-order valence-corrected chi connectivity index (χ4v) is 2.25. The van der Waals surface area contributed by atoms with Gasteiger partial charge in [-0.3, -0.25) is 0 Å². The zero-order valence-electron chi connectivity index (χ0n) is 10.4. The molecule has 2 aromatic rings. The zero-order chi connectivity index (χ0) is 13.1. The van der Waals surface area contributed by atoms with Gasteiger partial charge in [-0.25, -0.2) is 0 Å². The highest BCUT2D eigenvalue weighted by atomic mass is 79.9. The van der Waals surface area contributed by atoms with Crippen LogP contribution in [0.5, 0.6) is 5.75 Å². The fourth-order valence-electron chi connectivity index (χ4n) is 1.93. The summed E-state index contributed by atoms with van der Waals surface area (Å²) in [4.78, 5) is 0. The smallest absolute Gasteiger partial charge is 0.169 e. The number of hydrogen-bond donors (Lipinski definition) is 1. The third-order valence-electron chi connectivity index (χ3n) is 2.84. The van der Waals surface area contributed by atoms with Gasteiger partial charge in [-0.1, -0.05) is 17.7 Å². The van der Waals surface area contributed by atoms with Gasteiger partial charge in [0.2, 0.25) is 0 Å². The highest BCUT2D eigenvalue weighted by Gasteiger charge is 2.14. The molecule has 1 aromatic carbocycles. The van der Waals surface area contributed by atoms with Crippen LogP contribution in [0.4, 0.5) is 0 Å². The lowest BCUT2D eigenvalue weighted by atomic mass is 10.0. The van der Waals surface area contributed by atoms with Crippen molar-refractivity contribution in [1.82, 2.24) is 0 Å². The minimum absolute atomic E-state index is 0.174. The third kappa shape index (κ3) is 2.94. The summed E-state index contributed by atoms with van der Waals surface area (Å²) in [5.41, 5.74) is 8.43. The second-order valence-electron chi connectivity index (χ2n) is 4.27. The number of nitrogens with two attached hydrogens (primary N) is 1. The predicted molar refractivity (Wildman–Crippen MR) is 74.8 cm³/mol. The summed E-state index contributed by atoms with van der Waals surface area (Å²) >= 11 is 3.28. The van der Waals surface area contributed by atoms with E-state index in [1.807, 2.05) is 24.3 Å². The van der Waals surface area contributed by atoms with Crippen LogP contribution in [-0.2, 0) is 6.42 Å². The fraction of sp³-hybridized carbons (Fsp3) is 0.286. The van der Waals surface area contributed by atoms with Crippen LogP contribution >= 0.6 is 15.9 Å². The number of halogens is 1. The average molecular weight is 310 g/mol. The molecule has 0 fully saturated rings. The number of hydrogen-bond acceptors (Lipinski definition) is 3. The zero-order valence-corrected chi connectivity index (χ0v) is 12.0. The van der Waals surface area contributed by atoms with Crippen molar-refractivity contribution in [1.29, 1.82) is 0 Å². The van der Waals surface area contributed by atoms with Crippen molar-refractivity contribution in [3.8, 4) is 5.75 Å². The van der Waals surface area contributed by atoms with Gasteiger partial charge in [0.25, 0.3) is 0 Å². The van der Waals surface area contributed by atoms with Crippen LogP contribution in [0.15, 0.2) is 39.4 Å². The molecule has 0 aliphatic heterocycles. The maximum Gasteiger partial charge on any atom is 0.169 e. The molecular weight excluding hydrogens is 294 g/mol. The molecule has 0 aliphatic rings. The van der Waals surface area contributed by atoms with Crippen LogP contribution in [0.3, 0.4) is 0 Å². The van der Waals surface area contributed by atoms with Gasteiger partial charge in [0.05, 0.1) is 13.2 Å². The Bertz CT molecular complexity index is 536.